The second kappa shape index (κ2) is 7.78. The van der Waals surface area contributed by atoms with Gasteiger partial charge in [-0.25, -0.2) is 8.42 Å². The summed E-state index contributed by atoms with van der Waals surface area (Å²) in [5, 5.41) is 2.74. The summed E-state index contributed by atoms with van der Waals surface area (Å²) in [7, 11) is -2.08. The number of carbonyl (C=O) groups excluding carboxylic acids is 1. The van der Waals surface area contributed by atoms with Crippen molar-refractivity contribution in [3.05, 3.63) is 53.6 Å². The van der Waals surface area contributed by atoms with E-state index in [1.165, 1.54) is 0 Å². The van der Waals surface area contributed by atoms with E-state index in [1.807, 2.05) is 19.9 Å². The number of aryl methyl sites for hydroxylation is 2. The fourth-order valence-electron chi connectivity index (χ4n) is 2.59. The highest BCUT2D eigenvalue weighted by atomic mass is 32.2. The van der Waals surface area contributed by atoms with E-state index in [9.17, 15) is 13.2 Å². The van der Waals surface area contributed by atoms with Gasteiger partial charge < -0.3 is 10.1 Å². The van der Waals surface area contributed by atoms with Crippen molar-refractivity contribution in [1.82, 2.24) is 0 Å². The zero-order valence-corrected chi connectivity index (χ0v) is 16.4. The molecule has 0 aliphatic carbocycles. The fraction of sp³-hybridized carbons (Fsp3) is 0.316. The van der Waals surface area contributed by atoms with Crippen LogP contribution in [0.5, 0.6) is 5.75 Å². The average Bonchev–Trinajstić information content (AvgIpc) is 2.57. The van der Waals surface area contributed by atoms with Gasteiger partial charge in [-0.1, -0.05) is 6.07 Å². The lowest BCUT2D eigenvalue weighted by Gasteiger charge is -2.28. The zero-order valence-electron chi connectivity index (χ0n) is 15.6. The van der Waals surface area contributed by atoms with Crippen LogP contribution >= 0.6 is 0 Å². The number of amides is 1. The normalized spacial score (nSPS) is 12.3. The Morgan fingerprint density at radius 2 is 1.69 bits per heavy atom. The number of ether oxygens (including phenoxy) is 1. The molecule has 7 heteroatoms. The molecular weight excluding hydrogens is 352 g/mol. The molecule has 0 aromatic heterocycles. The Morgan fingerprint density at radius 3 is 2.19 bits per heavy atom. The molecule has 1 amide bonds. The number of anilines is 2. The minimum Gasteiger partial charge on any atom is -0.497 e. The predicted molar refractivity (Wildman–Crippen MR) is 104 cm³/mol. The molecule has 1 atom stereocenters. The summed E-state index contributed by atoms with van der Waals surface area (Å²) in [5.74, 6) is 0.253. The molecule has 1 unspecified atom stereocenters. The van der Waals surface area contributed by atoms with E-state index < -0.39 is 22.0 Å². The van der Waals surface area contributed by atoms with Gasteiger partial charge in [-0.05, 0) is 68.3 Å². The Kier molecular flexibility index (Phi) is 5.92. The van der Waals surface area contributed by atoms with Crippen LogP contribution in [0.1, 0.15) is 18.1 Å². The maximum absolute atomic E-state index is 12.6. The van der Waals surface area contributed by atoms with Gasteiger partial charge in [-0.2, -0.15) is 0 Å². The van der Waals surface area contributed by atoms with Gasteiger partial charge in [0, 0.05) is 5.69 Å². The summed E-state index contributed by atoms with van der Waals surface area (Å²) >= 11 is 0. The van der Waals surface area contributed by atoms with Gasteiger partial charge in [-0.15, -0.1) is 0 Å². The van der Waals surface area contributed by atoms with Crippen molar-refractivity contribution in [2.45, 2.75) is 26.8 Å². The molecule has 0 fully saturated rings. The van der Waals surface area contributed by atoms with Crippen LogP contribution in [0.25, 0.3) is 0 Å². The van der Waals surface area contributed by atoms with Crippen molar-refractivity contribution in [2.24, 2.45) is 0 Å². The van der Waals surface area contributed by atoms with Crippen LogP contribution in [0.15, 0.2) is 42.5 Å². The molecule has 0 aliphatic rings. The van der Waals surface area contributed by atoms with Crippen LogP contribution in [-0.4, -0.2) is 33.7 Å². The third kappa shape index (κ3) is 4.54. The number of hydrogen-bond acceptors (Lipinski definition) is 4. The lowest BCUT2D eigenvalue weighted by atomic mass is 10.1. The molecule has 6 nitrogen and oxygen atoms in total. The van der Waals surface area contributed by atoms with E-state index in [-0.39, 0.29) is 0 Å². The maximum Gasteiger partial charge on any atom is 0.247 e. The molecule has 0 saturated carbocycles. The van der Waals surface area contributed by atoms with Gasteiger partial charge in [0.05, 0.1) is 19.1 Å². The number of nitrogens with zero attached hydrogens (tertiary/aromatic N) is 1. The summed E-state index contributed by atoms with van der Waals surface area (Å²) in [4.78, 5) is 12.6. The quantitative estimate of drug-likeness (QED) is 0.840. The highest BCUT2D eigenvalue weighted by Crippen LogP contribution is 2.24. The second-order valence-electron chi connectivity index (χ2n) is 6.22. The minimum atomic E-state index is -3.64. The molecule has 0 bridgehead atoms. The average molecular weight is 376 g/mol. The molecule has 0 radical (unpaired) electrons. The Bertz CT molecular complexity index is 892. The number of benzene rings is 2. The number of hydrogen-bond donors (Lipinski definition) is 1. The molecule has 0 heterocycles. The molecule has 26 heavy (non-hydrogen) atoms. The first-order valence-corrected chi connectivity index (χ1v) is 10.00. The number of nitrogens with one attached hydrogen (secondary N) is 1. The molecule has 0 saturated heterocycles. The first-order valence-electron chi connectivity index (χ1n) is 8.15. The van der Waals surface area contributed by atoms with Crippen LogP contribution < -0.4 is 14.4 Å². The van der Waals surface area contributed by atoms with Gasteiger partial charge in [0.1, 0.15) is 11.8 Å². The molecule has 0 spiro atoms. The van der Waals surface area contributed by atoms with Gasteiger partial charge in [0.15, 0.2) is 0 Å². The van der Waals surface area contributed by atoms with Crippen LogP contribution in [0, 0.1) is 13.8 Å². The predicted octanol–water partition coefficient (Wildman–Crippen LogP) is 3.11. The van der Waals surface area contributed by atoms with Gasteiger partial charge in [0.2, 0.25) is 15.9 Å². The van der Waals surface area contributed by atoms with Crippen molar-refractivity contribution in [2.75, 3.05) is 23.0 Å². The Morgan fingerprint density at radius 1 is 1.08 bits per heavy atom. The maximum atomic E-state index is 12.6. The lowest BCUT2D eigenvalue weighted by Crippen LogP contribution is -2.45. The van der Waals surface area contributed by atoms with Crippen molar-refractivity contribution in [1.29, 1.82) is 0 Å². The van der Waals surface area contributed by atoms with E-state index >= 15 is 0 Å². The second-order valence-corrected chi connectivity index (χ2v) is 8.08. The Balaban J connectivity index is 2.29. The first-order chi connectivity index (χ1) is 12.1. The first kappa shape index (κ1) is 19.8. The highest BCUT2D eigenvalue weighted by molar-refractivity contribution is 7.92. The van der Waals surface area contributed by atoms with Crippen molar-refractivity contribution in [3.8, 4) is 5.75 Å². The van der Waals surface area contributed by atoms with Crippen molar-refractivity contribution >= 4 is 27.3 Å². The van der Waals surface area contributed by atoms with Crippen LogP contribution in [0.4, 0.5) is 11.4 Å². The third-order valence-corrected chi connectivity index (χ3v) is 5.43. The van der Waals surface area contributed by atoms with Crippen LogP contribution in [0.3, 0.4) is 0 Å². The summed E-state index contributed by atoms with van der Waals surface area (Å²) in [5.41, 5.74) is 3.04. The standard InChI is InChI=1S/C19H24N2O4S/c1-13-6-9-17(12-14(13)2)21(26(5,23)24)15(3)19(22)20-16-7-10-18(25-4)11-8-16/h6-12,15H,1-5H3,(H,20,22). The molecular formula is C19H24N2O4S. The summed E-state index contributed by atoms with van der Waals surface area (Å²) < 4.78 is 30.9. The third-order valence-electron chi connectivity index (χ3n) is 4.19. The number of sulfonamides is 1. The molecule has 1 N–H and O–H groups in total. The monoisotopic (exact) mass is 376 g/mol. The largest absolute Gasteiger partial charge is 0.497 e. The van der Waals surface area contributed by atoms with Crippen molar-refractivity contribution < 1.29 is 17.9 Å². The van der Waals surface area contributed by atoms with E-state index in [2.05, 4.69) is 5.32 Å². The minimum absolute atomic E-state index is 0.418. The van der Waals surface area contributed by atoms with Gasteiger partial charge >= 0.3 is 0 Å². The van der Waals surface area contributed by atoms with Crippen LogP contribution in [0.2, 0.25) is 0 Å². The van der Waals surface area contributed by atoms with E-state index in [0.29, 0.717) is 17.1 Å². The zero-order chi connectivity index (χ0) is 19.5. The summed E-state index contributed by atoms with van der Waals surface area (Å²) in [6.45, 7) is 5.42. The van der Waals surface area contributed by atoms with Gasteiger partial charge in [-0.3, -0.25) is 9.10 Å². The molecule has 0 aliphatic heterocycles. The Hall–Kier alpha value is -2.54. The topological polar surface area (TPSA) is 75.7 Å². The summed E-state index contributed by atoms with van der Waals surface area (Å²) in [6, 6.07) is 11.3. The molecule has 2 aromatic carbocycles. The van der Waals surface area contributed by atoms with E-state index in [0.717, 1.165) is 21.7 Å². The lowest BCUT2D eigenvalue weighted by molar-refractivity contribution is -0.116. The molecule has 140 valence electrons. The summed E-state index contributed by atoms with van der Waals surface area (Å²) in [6.07, 6.45) is 1.10. The number of rotatable bonds is 6. The smallest absolute Gasteiger partial charge is 0.247 e. The number of methoxy groups -OCH3 is 1. The van der Waals surface area contributed by atoms with Gasteiger partial charge in [0.25, 0.3) is 0 Å². The number of carbonyl (C=O) groups is 1. The van der Waals surface area contributed by atoms with E-state index in [1.54, 1.807) is 50.4 Å². The van der Waals surface area contributed by atoms with E-state index in [4.69, 9.17) is 4.74 Å². The van der Waals surface area contributed by atoms with Crippen molar-refractivity contribution in [3.63, 3.8) is 0 Å². The molecule has 2 aromatic rings. The highest BCUT2D eigenvalue weighted by Gasteiger charge is 2.29. The van der Waals surface area contributed by atoms with Crippen LogP contribution in [-0.2, 0) is 14.8 Å². The SMILES string of the molecule is COc1ccc(NC(=O)C(C)N(c2ccc(C)c(C)c2)S(C)(=O)=O)cc1. The molecule has 2 rings (SSSR count). The fourth-order valence-corrected chi connectivity index (χ4v) is 3.76. The Labute approximate surface area is 154 Å².